The number of para-hydroxylation sites is 1. The van der Waals surface area contributed by atoms with Gasteiger partial charge in [-0.15, -0.1) is 0 Å². The molecular formula is C16H23N3O2. The molecule has 0 unspecified atom stereocenters. The third kappa shape index (κ3) is 4.04. The normalized spacial score (nSPS) is 15.8. The molecule has 5 nitrogen and oxygen atoms in total. The number of hydrogen-bond acceptors (Lipinski definition) is 3. The second-order valence-electron chi connectivity index (χ2n) is 5.43. The summed E-state index contributed by atoms with van der Waals surface area (Å²) in [4.78, 5) is 26.7. The summed E-state index contributed by atoms with van der Waals surface area (Å²) in [6.07, 6.45) is 1.77. The first-order valence-corrected chi connectivity index (χ1v) is 7.44. The van der Waals surface area contributed by atoms with E-state index in [0.29, 0.717) is 19.6 Å². The number of rotatable bonds is 5. The quantitative estimate of drug-likeness (QED) is 0.831. The van der Waals surface area contributed by atoms with Crippen LogP contribution < -0.4 is 5.32 Å². The molecule has 1 aliphatic rings. The van der Waals surface area contributed by atoms with Crippen LogP contribution >= 0.6 is 0 Å². The highest BCUT2D eigenvalue weighted by Gasteiger charge is 2.18. The molecule has 0 saturated carbocycles. The minimum atomic E-state index is 0.0125. The van der Waals surface area contributed by atoms with E-state index in [0.717, 1.165) is 42.7 Å². The molecule has 1 fully saturated rings. The van der Waals surface area contributed by atoms with Gasteiger partial charge in [0.15, 0.2) is 0 Å². The van der Waals surface area contributed by atoms with Gasteiger partial charge in [-0.25, -0.2) is 0 Å². The van der Waals surface area contributed by atoms with Crippen LogP contribution in [0, 0.1) is 6.92 Å². The molecular weight excluding hydrogens is 266 g/mol. The van der Waals surface area contributed by atoms with Crippen molar-refractivity contribution < 1.29 is 9.59 Å². The summed E-state index contributed by atoms with van der Waals surface area (Å²) in [5.74, 6) is 0.0125. The summed E-state index contributed by atoms with van der Waals surface area (Å²) >= 11 is 0. The van der Waals surface area contributed by atoms with Crippen molar-refractivity contribution in [3.05, 3.63) is 29.3 Å². The second kappa shape index (κ2) is 7.22. The highest BCUT2D eigenvalue weighted by atomic mass is 16.2. The lowest BCUT2D eigenvalue weighted by molar-refractivity contribution is -0.120. The molecule has 21 heavy (non-hydrogen) atoms. The largest absolute Gasteiger partial charge is 0.343 e. The molecule has 0 bridgehead atoms. The maximum Gasteiger partial charge on any atom is 0.238 e. The molecule has 2 amide bonds. The minimum Gasteiger partial charge on any atom is -0.343 e. The SMILES string of the molecule is CCc1cccc(C)c1NC(=O)CN1CCN(C=O)CC1. The van der Waals surface area contributed by atoms with Crippen molar-refractivity contribution in [3.8, 4) is 0 Å². The molecule has 0 aliphatic carbocycles. The standard InChI is InChI=1S/C16H23N3O2/c1-3-14-6-4-5-13(2)16(14)17-15(21)11-18-7-9-19(12-20)10-8-18/h4-6,12H,3,7-11H2,1-2H3,(H,17,21). The fourth-order valence-electron chi connectivity index (χ4n) is 2.61. The molecule has 0 spiro atoms. The Labute approximate surface area is 125 Å². The molecule has 114 valence electrons. The van der Waals surface area contributed by atoms with Gasteiger partial charge in [-0.2, -0.15) is 0 Å². The first kappa shape index (κ1) is 15.5. The van der Waals surface area contributed by atoms with Gasteiger partial charge in [0.05, 0.1) is 6.54 Å². The number of aryl methyl sites for hydroxylation is 2. The van der Waals surface area contributed by atoms with E-state index in [1.165, 1.54) is 0 Å². The number of amides is 2. The van der Waals surface area contributed by atoms with Gasteiger partial charge in [0.25, 0.3) is 0 Å². The fourth-order valence-corrected chi connectivity index (χ4v) is 2.61. The van der Waals surface area contributed by atoms with Gasteiger partial charge in [0.1, 0.15) is 0 Å². The predicted octanol–water partition coefficient (Wildman–Crippen LogP) is 1.27. The van der Waals surface area contributed by atoms with Crippen molar-refractivity contribution in [2.24, 2.45) is 0 Å². The Hall–Kier alpha value is -1.88. The Bertz CT molecular complexity index is 508. The van der Waals surface area contributed by atoms with Gasteiger partial charge >= 0.3 is 0 Å². The lowest BCUT2D eigenvalue weighted by Gasteiger charge is -2.32. The number of benzene rings is 1. The van der Waals surface area contributed by atoms with E-state index < -0.39 is 0 Å². The van der Waals surface area contributed by atoms with Gasteiger partial charge in [-0.05, 0) is 24.5 Å². The third-order valence-electron chi connectivity index (χ3n) is 3.93. The van der Waals surface area contributed by atoms with Crippen LogP contribution in [-0.4, -0.2) is 54.8 Å². The summed E-state index contributed by atoms with van der Waals surface area (Å²) < 4.78 is 0. The average molecular weight is 289 g/mol. The van der Waals surface area contributed by atoms with E-state index in [4.69, 9.17) is 0 Å². The van der Waals surface area contributed by atoms with E-state index in [1.54, 1.807) is 4.90 Å². The smallest absolute Gasteiger partial charge is 0.238 e. The molecule has 1 aromatic carbocycles. The molecule has 1 saturated heterocycles. The van der Waals surface area contributed by atoms with Crippen molar-refractivity contribution in [2.75, 3.05) is 38.0 Å². The second-order valence-corrected chi connectivity index (χ2v) is 5.43. The minimum absolute atomic E-state index is 0.0125. The first-order valence-electron chi connectivity index (χ1n) is 7.44. The Morgan fingerprint density at radius 3 is 2.62 bits per heavy atom. The number of hydrogen-bond donors (Lipinski definition) is 1. The maximum atomic E-state index is 12.2. The van der Waals surface area contributed by atoms with Crippen molar-refractivity contribution >= 4 is 18.0 Å². The number of piperazine rings is 1. The summed E-state index contributed by atoms with van der Waals surface area (Å²) in [5, 5.41) is 3.04. The van der Waals surface area contributed by atoms with Gasteiger partial charge in [-0.3, -0.25) is 14.5 Å². The monoisotopic (exact) mass is 289 g/mol. The van der Waals surface area contributed by atoms with Gasteiger partial charge < -0.3 is 10.2 Å². The summed E-state index contributed by atoms with van der Waals surface area (Å²) in [6, 6.07) is 6.07. The van der Waals surface area contributed by atoms with Crippen LogP contribution in [0.25, 0.3) is 0 Å². The zero-order valence-electron chi connectivity index (χ0n) is 12.8. The van der Waals surface area contributed by atoms with Crippen molar-refractivity contribution in [1.82, 2.24) is 9.80 Å². The Balaban J connectivity index is 1.92. The molecule has 1 N–H and O–H groups in total. The lowest BCUT2D eigenvalue weighted by atomic mass is 10.1. The van der Waals surface area contributed by atoms with Gasteiger partial charge in [-0.1, -0.05) is 25.1 Å². The van der Waals surface area contributed by atoms with Crippen LogP contribution in [0.3, 0.4) is 0 Å². The van der Waals surface area contributed by atoms with E-state index in [1.807, 2.05) is 25.1 Å². The topological polar surface area (TPSA) is 52.7 Å². The summed E-state index contributed by atoms with van der Waals surface area (Å²) in [5.41, 5.74) is 3.19. The first-order chi connectivity index (χ1) is 10.1. The van der Waals surface area contributed by atoms with Crippen molar-refractivity contribution in [2.45, 2.75) is 20.3 Å². The Morgan fingerprint density at radius 1 is 1.29 bits per heavy atom. The zero-order valence-corrected chi connectivity index (χ0v) is 12.8. The van der Waals surface area contributed by atoms with Gasteiger partial charge in [0, 0.05) is 31.9 Å². The number of carbonyl (C=O) groups excluding carboxylic acids is 2. The molecule has 1 heterocycles. The lowest BCUT2D eigenvalue weighted by Crippen LogP contribution is -2.48. The maximum absolute atomic E-state index is 12.2. The molecule has 0 aromatic heterocycles. The average Bonchev–Trinajstić information content (AvgIpc) is 2.50. The van der Waals surface area contributed by atoms with Crippen LogP contribution in [0.2, 0.25) is 0 Å². The van der Waals surface area contributed by atoms with E-state index >= 15 is 0 Å². The molecule has 5 heteroatoms. The fraction of sp³-hybridized carbons (Fsp3) is 0.500. The number of carbonyl (C=O) groups is 2. The summed E-state index contributed by atoms with van der Waals surface area (Å²) in [6.45, 7) is 7.37. The summed E-state index contributed by atoms with van der Waals surface area (Å²) in [7, 11) is 0. The van der Waals surface area contributed by atoms with Crippen LogP contribution in [-0.2, 0) is 16.0 Å². The Kier molecular flexibility index (Phi) is 5.33. The third-order valence-corrected chi connectivity index (χ3v) is 3.93. The molecule has 0 atom stereocenters. The van der Waals surface area contributed by atoms with Crippen molar-refractivity contribution in [3.63, 3.8) is 0 Å². The molecule has 1 aliphatic heterocycles. The predicted molar refractivity (Wildman–Crippen MR) is 83.3 cm³/mol. The highest BCUT2D eigenvalue weighted by molar-refractivity contribution is 5.93. The van der Waals surface area contributed by atoms with E-state index in [9.17, 15) is 9.59 Å². The zero-order chi connectivity index (χ0) is 15.2. The van der Waals surface area contributed by atoms with E-state index in [2.05, 4.69) is 17.1 Å². The highest BCUT2D eigenvalue weighted by Crippen LogP contribution is 2.21. The van der Waals surface area contributed by atoms with E-state index in [-0.39, 0.29) is 5.91 Å². The van der Waals surface area contributed by atoms with Crippen LogP contribution in [0.5, 0.6) is 0 Å². The molecule has 1 aromatic rings. The Morgan fingerprint density at radius 2 is 2.00 bits per heavy atom. The van der Waals surface area contributed by atoms with Crippen LogP contribution in [0.4, 0.5) is 5.69 Å². The number of nitrogens with one attached hydrogen (secondary N) is 1. The van der Waals surface area contributed by atoms with Crippen LogP contribution in [0.1, 0.15) is 18.1 Å². The molecule has 2 rings (SSSR count). The van der Waals surface area contributed by atoms with Crippen molar-refractivity contribution in [1.29, 1.82) is 0 Å². The van der Waals surface area contributed by atoms with Crippen LogP contribution in [0.15, 0.2) is 18.2 Å². The number of anilines is 1. The number of nitrogens with zero attached hydrogens (tertiary/aromatic N) is 2. The molecule has 0 radical (unpaired) electrons. The van der Waals surface area contributed by atoms with Gasteiger partial charge in [0.2, 0.25) is 12.3 Å².